The minimum atomic E-state index is -0.413. The van der Waals surface area contributed by atoms with Crippen molar-refractivity contribution in [1.29, 1.82) is 0 Å². The molecule has 0 fully saturated rings. The molecule has 0 rings (SSSR count). The van der Waals surface area contributed by atoms with Crippen molar-refractivity contribution in [2.75, 3.05) is 13.6 Å². The van der Waals surface area contributed by atoms with E-state index >= 15 is 0 Å². The zero-order valence-electron chi connectivity index (χ0n) is 10.3. The van der Waals surface area contributed by atoms with E-state index in [0.29, 0.717) is 0 Å². The molecular formula is C11H22N2O2. The summed E-state index contributed by atoms with van der Waals surface area (Å²) in [5.41, 5.74) is 0. The molecule has 88 valence electrons. The Balaban J connectivity index is 4.49. The Kier molecular flexibility index (Phi) is 6.17. The van der Waals surface area contributed by atoms with Gasteiger partial charge < -0.3 is 10.1 Å². The van der Waals surface area contributed by atoms with E-state index in [2.05, 4.69) is 5.32 Å². The van der Waals surface area contributed by atoms with Gasteiger partial charge in [0.15, 0.2) is 0 Å². The molecule has 2 atom stereocenters. The van der Waals surface area contributed by atoms with Crippen molar-refractivity contribution < 1.29 is 9.59 Å². The quantitative estimate of drug-likeness (QED) is 0.661. The predicted molar refractivity (Wildman–Crippen MR) is 60.6 cm³/mol. The molecule has 0 saturated carbocycles. The molecule has 0 radical (unpaired) electrons. The fourth-order valence-corrected chi connectivity index (χ4v) is 1.55. The average molecular weight is 214 g/mol. The van der Waals surface area contributed by atoms with Crippen LogP contribution >= 0.6 is 0 Å². The molecule has 0 saturated heterocycles. The molecule has 1 amide bonds. The van der Waals surface area contributed by atoms with Gasteiger partial charge in [-0.2, -0.15) is 0 Å². The molecule has 15 heavy (non-hydrogen) atoms. The molecule has 0 aromatic carbocycles. The summed E-state index contributed by atoms with van der Waals surface area (Å²) in [4.78, 5) is 24.3. The van der Waals surface area contributed by atoms with E-state index in [0.717, 1.165) is 12.8 Å². The molecule has 0 aliphatic rings. The summed E-state index contributed by atoms with van der Waals surface area (Å²) < 4.78 is 0. The predicted octanol–water partition coefficient (Wildman–Crippen LogP) is 0.666. The van der Waals surface area contributed by atoms with Gasteiger partial charge in [0.05, 0.1) is 12.1 Å². The van der Waals surface area contributed by atoms with Crippen molar-refractivity contribution in [2.24, 2.45) is 5.92 Å². The molecule has 0 aromatic rings. The van der Waals surface area contributed by atoms with Crippen molar-refractivity contribution in [3.63, 3.8) is 0 Å². The van der Waals surface area contributed by atoms with E-state index in [9.17, 15) is 9.59 Å². The van der Waals surface area contributed by atoms with Crippen molar-refractivity contribution in [3.8, 4) is 0 Å². The number of hydrogen-bond acceptors (Lipinski definition) is 3. The number of rotatable bonds is 6. The number of hydrogen-bond donors (Lipinski definition) is 1. The molecule has 0 heterocycles. The molecule has 4 nitrogen and oxygen atoms in total. The Morgan fingerprint density at radius 3 is 2.27 bits per heavy atom. The first-order chi connectivity index (χ1) is 6.93. The van der Waals surface area contributed by atoms with Gasteiger partial charge in [-0.1, -0.05) is 20.8 Å². The molecule has 0 aromatic heterocycles. The van der Waals surface area contributed by atoms with Crippen LogP contribution in [0.5, 0.6) is 0 Å². The van der Waals surface area contributed by atoms with E-state index in [1.165, 1.54) is 0 Å². The van der Waals surface area contributed by atoms with Gasteiger partial charge in [-0.25, -0.2) is 0 Å². The second-order valence-electron chi connectivity index (χ2n) is 4.20. The number of amides is 1. The standard InChI is InChI=1S/C11H22N2O2/c1-6-13(5)10(8(2)3)11(15)12-9(4)7-14/h7-10H,6H2,1-5H3,(H,12,15). The van der Waals surface area contributed by atoms with Crippen LogP contribution in [0.25, 0.3) is 0 Å². The molecule has 0 spiro atoms. The van der Waals surface area contributed by atoms with E-state index < -0.39 is 6.04 Å². The van der Waals surface area contributed by atoms with Crippen LogP contribution in [0.15, 0.2) is 0 Å². The molecule has 0 bridgehead atoms. The Hall–Kier alpha value is -0.900. The van der Waals surface area contributed by atoms with Gasteiger partial charge in [0.2, 0.25) is 5.91 Å². The molecule has 0 aliphatic heterocycles. The van der Waals surface area contributed by atoms with Crippen LogP contribution < -0.4 is 5.32 Å². The third-order valence-corrected chi connectivity index (χ3v) is 2.45. The summed E-state index contributed by atoms with van der Waals surface area (Å²) in [5, 5.41) is 2.68. The van der Waals surface area contributed by atoms with Gasteiger partial charge >= 0.3 is 0 Å². The zero-order valence-corrected chi connectivity index (χ0v) is 10.3. The topological polar surface area (TPSA) is 49.4 Å². The second kappa shape index (κ2) is 6.56. The van der Waals surface area contributed by atoms with Crippen LogP contribution in [-0.4, -0.2) is 42.8 Å². The minimum absolute atomic E-state index is 0.0750. The van der Waals surface area contributed by atoms with E-state index in [4.69, 9.17) is 0 Å². The lowest BCUT2D eigenvalue weighted by molar-refractivity contribution is -0.129. The van der Waals surface area contributed by atoms with E-state index in [-0.39, 0.29) is 17.9 Å². The first-order valence-corrected chi connectivity index (χ1v) is 5.39. The SMILES string of the molecule is CCN(C)C(C(=O)NC(C)C=O)C(C)C. The maximum atomic E-state index is 11.8. The number of aldehydes is 1. The Morgan fingerprint density at radius 1 is 1.40 bits per heavy atom. The summed E-state index contributed by atoms with van der Waals surface area (Å²) in [5.74, 6) is 0.155. The largest absolute Gasteiger partial charge is 0.346 e. The van der Waals surface area contributed by atoms with Crippen LogP contribution in [0.2, 0.25) is 0 Å². The van der Waals surface area contributed by atoms with Crippen LogP contribution in [-0.2, 0) is 9.59 Å². The number of likely N-dealkylation sites (N-methyl/N-ethyl adjacent to an activating group) is 1. The number of nitrogens with zero attached hydrogens (tertiary/aromatic N) is 1. The van der Waals surface area contributed by atoms with Crippen molar-refractivity contribution in [3.05, 3.63) is 0 Å². The number of carbonyl (C=O) groups is 2. The maximum Gasteiger partial charge on any atom is 0.238 e. The highest BCUT2D eigenvalue weighted by molar-refractivity contribution is 5.84. The first kappa shape index (κ1) is 14.1. The molecule has 0 aliphatic carbocycles. The highest BCUT2D eigenvalue weighted by Crippen LogP contribution is 2.09. The van der Waals surface area contributed by atoms with Gasteiger partial charge in [0.25, 0.3) is 0 Å². The van der Waals surface area contributed by atoms with Gasteiger partial charge in [0, 0.05) is 0 Å². The summed E-state index contributed by atoms with van der Waals surface area (Å²) >= 11 is 0. The van der Waals surface area contributed by atoms with Crippen LogP contribution in [0, 0.1) is 5.92 Å². The van der Waals surface area contributed by atoms with Gasteiger partial charge in [-0.15, -0.1) is 0 Å². The van der Waals surface area contributed by atoms with E-state index in [1.807, 2.05) is 32.7 Å². The molecular weight excluding hydrogens is 192 g/mol. The van der Waals surface area contributed by atoms with Gasteiger partial charge in [-0.3, -0.25) is 9.69 Å². The Morgan fingerprint density at radius 2 is 1.93 bits per heavy atom. The van der Waals surface area contributed by atoms with Gasteiger partial charge in [-0.05, 0) is 26.4 Å². The first-order valence-electron chi connectivity index (χ1n) is 5.39. The van der Waals surface area contributed by atoms with Crippen LogP contribution in [0.3, 0.4) is 0 Å². The average Bonchev–Trinajstić information content (AvgIpc) is 2.16. The Labute approximate surface area is 92.0 Å². The van der Waals surface area contributed by atoms with Crippen LogP contribution in [0.4, 0.5) is 0 Å². The third-order valence-electron chi connectivity index (χ3n) is 2.45. The minimum Gasteiger partial charge on any atom is -0.346 e. The molecule has 1 N–H and O–H groups in total. The Bertz CT molecular complexity index is 217. The lowest BCUT2D eigenvalue weighted by Gasteiger charge is -2.29. The van der Waals surface area contributed by atoms with Crippen LogP contribution in [0.1, 0.15) is 27.7 Å². The highest BCUT2D eigenvalue weighted by atomic mass is 16.2. The zero-order chi connectivity index (χ0) is 12.0. The maximum absolute atomic E-state index is 11.8. The van der Waals surface area contributed by atoms with E-state index in [1.54, 1.807) is 6.92 Å². The summed E-state index contributed by atoms with van der Waals surface area (Å²) in [7, 11) is 1.91. The fourth-order valence-electron chi connectivity index (χ4n) is 1.55. The monoisotopic (exact) mass is 214 g/mol. The second-order valence-corrected chi connectivity index (χ2v) is 4.20. The smallest absolute Gasteiger partial charge is 0.238 e. The summed E-state index contributed by atoms with van der Waals surface area (Å²) in [6.45, 7) is 8.50. The van der Waals surface area contributed by atoms with Gasteiger partial charge in [0.1, 0.15) is 6.29 Å². The van der Waals surface area contributed by atoms with Crippen molar-refractivity contribution >= 4 is 12.2 Å². The highest BCUT2D eigenvalue weighted by Gasteiger charge is 2.26. The number of carbonyl (C=O) groups excluding carboxylic acids is 2. The molecule has 4 heteroatoms. The third kappa shape index (κ3) is 4.42. The fraction of sp³-hybridized carbons (Fsp3) is 0.818. The summed E-state index contributed by atoms with van der Waals surface area (Å²) in [6.07, 6.45) is 0.737. The van der Waals surface area contributed by atoms with Crippen molar-refractivity contribution in [1.82, 2.24) is 10.2 Å². The lowest BCUT2D eigenvalue weighted by Crippen LogP contribution is -2.50. The summed E-state index contributed by atoms with van der Waals surface area (Å²) in [6, 6.07) is -0.582. The normalized spacial score (nSPS) is 15.1. The number of nitrogens with one attached hydrogen (secondary N) is 1. The molecule has 2 unspecified atom stereocenters. The lowest BCUT2D eigenvalue weighted by atomic mass is 10.0. The van der Waals surface area contributed by atoms with Crippen molar-refractivity contribution in [2.45, 2.75) is 39.8 Å².